The molecule has 2 N–H and O–H groups in total. The van der Waals surface area contributed by atoms with Crippen LogP contribution < -0.4 is 5.32 Å². The number of rotatable bonds is 4. The van der Waals surface area contributed by atoms with Gasteiger partial charge in [0.25, 0.3) is 5.91 Å². The minimum absolute atomic E-state index is 0.107. The number of aryl methyl sites for hydroxylation is 1. The largest absolute Gasteiger partial charge is 0.469 e. The first kappa shape index (κ1) is 17.4. The lowest BCUT2D eigenvalue weighted by atomic mass is 9.78. The molecule has 23 heavy (non-hydrogen) atoms. The summed E-state index contributed by atoms with van der Waals surface area (Å²) in [5.74, 6) is -1.15. The lowest BCUT2D eigenvalue weighted by Gasteiger charge is -2.35. The highest BCUT2D eigenvalue weighted by molar-refractivity contribution is 5.94. The molecule has 0 radical (unpaired) electrons. The van der Waals surface area contributed by atoms with E-state index in [1.165, 1.54) is 25.3 Å². The average molecular weight is 323 g/mol. The third-order valence-electron chi connectivity index (χ3n) is 4.45. The summed E-state index contributed by atoms with van der Waals surface area (Å²) in [4.78, 5) is 23.6. The van der Waals surface area contributed by atoms with E-state index in [9.17, 15) is 19.1 Å². The number of halogens is 1. The molecule has 0 saturated heterocycles. The fraction of sp³-hybridized carbons (Fsp3) is 0.529. The van der Waals surface area contributed by atoms with E-state index >= 15 is 0 Å². The van der Waals surface area contributed by atoms with Gasteiger partial charge in [0.2, 0.25) is 0 Å². The zero-order valence-electron chi connectivity index (χ0n) is 13.4. The summed E-state index contributed by atoms with van der Waals surface area (Å²) in [5, 5.41) is 13.2. The van der Waals surface area contributed by atoms with Crippen LogP contribution in [-0.4, -0.2) is 36.2 Å². The molecule has 0 aromatic heterocycles. The van der Waals surface area contributed by atoms with Crippen molar-refractivity contribution in [2.45, 2.75) is 38.2 Å². The number of hydrogen-bond donors (Lipinski definition) is 2. The number of methoxy groups -OCH3 is 1. The molecular formula is C17H22FNO4. The highest BCUT2D eigenvalue weighted by atomic mass is 19.1. The van der Waals surface area contributed by atoms with Crippen LogP contribution in [0.1, 0.15) is 41.6 Å². The Hall–Kier alpha value is -1.95. The van der Waals surface area contributed by atoms with E-state index in [1.54, 1.807) is 6.92 Å². The summed E-state index contributed by atoms with van der Waals surface area (Å²) in [6.07, 6.45) is 1.92. The van der Waals surface area contributed by atoms with Gasteiger partial charge in [-0.3, -0.25) is 9.59 Å². The first-order valence-corrected chi connectivity index (χ1v) is 7.69. The lowest BCUT2D eigenvalue weighted by molar-refractivity contribution is -0.148. The van der Waals surface area contributed by atoms with E-state index in [2.05, 4.69) is 5.32 Å². The molecule has 2 rings (SSSR count). The van der Waals surface area contributed by atoms with Gasteiger partial charge in [-0.15, -0.1) is 0 Å². The van der Waals surface area contributed by atoms with Gasteiger partial charge < -0.3 is 15.2 Å². The van der Waals surface area contributed by atoms with Crippen molar-refractivity contribution in [3.8, 4) is 0 Å². The number of hydrogen-bond acceptors (Lipinski definition) is 4. The van der Waals surface area contributed by atoms with E-state index in [0.717, 1.165) is 0 Å². The van der Waals surface area contributed by atoms with Crippen LogP contribution in [0.2, 0.25) is 0 Å². The number of carbonyl (C=O) groups excluding carboxylic acids is 2. The molecule has 1 amide bonds. The Labute approximate surface area is 134 Å². The molecule has 0 bridgehead atoms. The maximum Gasteiger partial charge on any atom is 0.308 e. The van der Waals surface area contributed by atoms with Gasteiger partial charge in [0.1, 0.15) is 5.82 Å². The summed E-state index contributed by atoms with van der Waals surface area (Å²) in [7, 11) is 1.36. The smallest absolute Gasteiger partial charge is 0.308 e. The molecule has 1 aromatic rings. The SMILES string of the molecule is COC(=O)C1CCC(O)(CNC(=O)c2ccc(F)c(C)c2)CC1. The fourth-order valence-electron chi connectivity index (χ4n) is 2.87. The Bertz CT molecular complexity index is 594. The predicted octanol–water partition coefficient (Wildman–Crippen LogP) is 1.96. The van der Waals surface area contributed by atoms with Crippen LogP contribution in [0.3, 0.4) is 0 Å². The van der Waals surface area contributed by atoms with Crippen LogP contribution in [0.15, 0.2) is 18.2 Å². The van der Waals surface area contributed by atoms with Crippen molar-refractivity contribution >= 4 is 11.9 Å². The molecule has 1 fully saturated rings. The molecular weight excluding hydrogens is 301 g/mol. The maximum atomic E-state index is 13.2. The quantitative estimate of drug-likeness (QED) is 0.831. The van der Waals surface area contributed by atoms with Crippen molar-refractivity contribution in [3.63, 3.8) is 0 Å². The minimum Gasteiger partial charge on any atom is -0.469 e. The Kier molecular flexibility index (Phi) is 5.36. The monoisotopic (exact) mass is 323 g/mol. The van der Waals surface area contributed by atoms with Crippen molar-refractivity contribution in [2.24, 2.45) is 5.92 Å². The van der Waals surface area contributed by atoms with Gasteiger partial charge in [-0.2, -0.15) is 0 Å². The molecule has 1 aliphatic rings. The zero-order chi connectivity index (χ0) is 17.0. The van der Waals surface area contributed by atoms with Crippen LogP contribution in [0.25, 0.3) is 0 Å². The number of carbonyl (C=O) groups is 2. The van der Waals surface area contributed by atoms with Gasteiger partial charge in [0.05, 0.1) is 18.6 Å². The van der Waals surface area contributed by atoms with Gasteiger partial charge in [-0.25, -0.2) is 4.39 Å². The fourth-order valence-corrected chi connectivity index (χ4v) is 2.87. The van der Waals surface area contributed by atoms with Crippen molar-refractivity contribution in [1.29, 1.82) is 0 Å². The molecule has 1 aliphatic carbocycles. The molecule has 5 nitrogen and oxygen atoms in total. The van der Waals surface area contributed by atoms with Crippen LogP contribution >= 0.6 is 0 Å². The van der Waals surface area contributed by atoms with Crippen molar-refractivity contribution in [1.82, 2.24) is 5.32 Å². The first-order chi connectivity index (χ1) is 10.8. The standard InChI is InChI=1S/C17H22FNO4/c1-11-9-13(3-4-14(11)18)15(20)19-10-17(22)7-5-12(6-8-17)16(21)23-2/h3-4,9,12,22H,5-8,10H2,1-2H3,(H,19,20). The summed E-state index contributed by atoms with van der Waals surface area (Å²) in [6.45, 7) is 1.70. The predicted molar refractivity (Wildman–Crippen MR) is 82.4 cm³/mol. The van der Waals surface area contributed by atoms with Crippen LogP contribution in [0.4, 0.5) is 4.39 Å². The van der Waals surface area contributed by atoms with Gasteiger partial charge in [-0.05, 0) is 56.4 Å². The third-order valence-corrected chi connectivity index (χ3v) is 4.45. The zero-order valence-corrected chi connectivity index (χ0v) is 13.4. The van der Waals surface area contributed by atoms with E-state index in [-0.39, 0.29) is 30.2 Å². The molecule has 1 saturated carbocycles. The summed E-state index contributed by atoms with van der Waals surface area (Å²) < 4.78 is 17.9. The number of ether oxygens (including phenoxy) is 1. The second-order valence-electron chi connectivity index (χ2n) is 6.17. The van der Waals surface area contributed by atoms with E-state index in [0.29, 0.717) is 36.8 Å². The van der Waals surface area contributed by atoms with Crippen LogP contribution in [-0.2, 0) is 9.53 Å². The molecule has 6 heteroatoms. The molecule has 0 aliphatic heterocycles. The number of amides is 1. The third kappa shape index (κ3) is 4.28. The molecule has 0 atom stereocenters. The van der Waals surface area contributed by atoms with Crippen molar-refractivity contribution < 1.29 is 23.8 Å². The van der Waals surface area contributed by atoms with Gasteiger partial charge in [0.15, 0.2) is 0 Å². The van der Waals surface area contributed by atoms with Crippen LogP contribution in [0, 0.1) is 18.7 Å². The Balaban J connectivity index is 1.89. The Morgan fingerprint density at radius 3 is 2.61 bits per heavy atom. The summed E-state index contributed by atoms with van der Waals surface area (Å²) >= 11 is 0. The summed E-state index contributed by atoms with van der Waals surface area (Å²) in [5.41, 5.74) is -0.263. The molecule has 126 valence electrons. The maximum absolute atomic E-state index is 13.2. The van der Waals surface area contributed by atoms with Gasteiger partial charge >= 0.3 is 5.97 Å². The highest BCUT2D eigenvalue weighted by Gasteiger charge is 2.36. The van der Waals surface area contributed by atoms with Gasteiger partial charge in [-0.1, -0.05) is 0 Å². The summed E-state index contributed by atoms with van der Waals surface area (Å²) in [6, 6.07) is 4.14. The molecule has 1 aromatic carbocycles. The van der Waals surface area contributed by atoms with E-state index in [1.807, 2.05) is 0 Å². The molecule has 0 spiro atoms. The highest BCUT2D eigenvalue weighted by Crippen LogP contribution is 2.32. The first-order valence-electron chi connectivity index (χ1n) is 7.69. The molecule has 0 unspecified atom stereocenters. The normalized spacial score (nSPS) is 24.1. The van der Waals surface area contributed by atoms with E-state index < -0.39 is 5.60 Å². The second kappa shape index (κ2) is 7.08. The lowest BCUT2D eigenvalue weighted by Crippen LogP contribution is -2.46. The molecule has 0 heterocycles. The Morgan fingerprint density at radius 1 is 1.39 bits per heavy atom. The topological polar surface area (TPSA) is 75.6 Å². The van der Waals surface area contributed by atoms with Crippen molar-refractivity contribution in [2.75, 3.05) is 13.7 Å². The van der Waals surface area contributed by atoms with Crippen LogP contribution in [0.5, 0.6) is 0 Å². The van der Waals surface area contributed by atoms with Crippen molar-refractivity contribution in [3.05, 3.63) is 35.1 Å². The number of aliphatic hydroxyl groups is 1. The number of nitrogens with one attached hydrogen (secondary N) is 1. The number of benzene rings is 1. The Morgan fingerprint density at radius 2 is 2.04 bits per heavy atom. The van der Waals surface area contributed by atoms with Gasteiger partial charge in [0, 0.05) is 12.1 Å². The average Bonchev–Trinajstić information content (AvgIpc) is 2.55. The van der Waals surface area contributed by atoms with E-state index in [4.69, 9.17) is 4.74 Å². The minimum atomic E-state index is -1.02. The second-order valence-corrected chi connectivity index (χ2v) is 6.17. The number of esters is 1.